The summed E-state index contributed by atoms with van der Waals surface area (Å²) in [5, 5.41) is 0.990. The van der Waals surface area contributed by atoms with Crippen LogP contribution in [0.5, 0.6) is 5.75 Å². The Kier molecular flexibility index (Phi) is 5.16. The number of ether oxygens (including phenoxy) is 1. The van der Waals surface area contributed by atoms with Crippen LogP contribution in [-0.2, 0) is 4.79 Å². The molecule has 6 nitrogen and oxygen atoms in total. The number of carbonyl (C=O) groups excluding carboxylic acids is 2. The van der Waals surface area contributed by atoms with E-state index in [9.17, 15) is 9.59 Å². The van der Waals surface area contributed by atoms with Gasteiger partial charge in [0.15, 0.2) is 6.61 Å². The number of carbonyl (C=O) groups is 2. The third-order valence-electron chi connectivity index (χ3n) is 4.59. The standard InChI is InChI=1S/C21H23N3O3/c1-12-5-6-13(2)19(9-12)27-11-20(25)23-24-21(26)16-7-8-18-17(10-16)14(3)15(4)22-18/h5-10,22H,11H2,1-4H3,(H,23,25)(H,24,26). The molecule has 1 aromatic heterocycles. The van der Waals surface area contributed by atoms with Gasteiger partial charge in [-0.25, -0.2) is 0 Å². The highest BCUT2D eigenvalue weighted by atomic mass is 16.5. The molecule has 0 unspecified atom stereocenters. The predicted octanol–water partition coefficient (Wildman–Crippen LogP) is 3.24. The van der Waals surface area contributed by atoms with E-state index < -0.39 is 5.91 Å². The van der Waals surface area contributed by atoms with Crippen molar-refractivity contribution >= 4 is 22.7 Å². The average Bonchev–Trinajstić information content (AvgIpc) is 2.94. The Labute approximate surface area is 157 Å². The van der Waals surface area contributed by atoms with Gasteiger partial charge in [0.1, 0.15) is 5.75 Å². The van der Waals surface area contributed by atoms with Crippen molar-refractivity contribution in [1.82, 2.24) is 15.8 Å². The molecule has 0 saturated carbocycles. The molecule has 0 bridgehead atoms. The van der Waals surface area contributed by atoms with Crippen molar-refractivity contribution in [3.8, 4) is 5.75 Å². The normalized spacial score (nSPS) is 10.7. The number of H-pyrrole nitrogens is 1. The topological polar surface area (TPSA) is 83.2 Å². The number of nitrogens with one attached hydrogen (secondary N) is 3. The third kappa shape index (κ3) is 4.11. The van der Waals surface area contributed by atoms with Crippen molar-refractivity contribution < 1.29 is 14.3 Å². The van der Waals surface area contributed by atoms with Crippen LogP contribution in [0.15, 0.2) is 36.4 Å². The molecule has 0 atom stereocenters. The van der Waals surface area contributed by atoms with E-state index in [2.05, 4.69) is 15.8 Å². The van der Waals surface area contributed by atoms with Crippen molar-refractivity contribution in [2.24, 2.45) is 0 Å². The summed E-state index contributed by atoms with van der Waals surface area (Å²) in [7, 11) is 0. The van der Waals surface area contributed by atoms with Gasteiger partial charge in [0, 0.05) is 22.2 Å². The predicted molar refractivity (Wildman–Crippen MR) is 105 cm³/mol. The molecule has 140 valence electrons. The maximum Gasteiger partial charge on any atom is 0.276 e. The zero-order valence-electron chi connectivity index (χ0n) is 15.9. The van der Waals surface area contributed by atoms with E-state index >= 15 is 0 Å². The summed E-state index contributed by atoms with van der Waals surface area (Å²) in [5.74, 6) is -0.158. The largest absolute Gasteiger partial charge is 0.483 e. The molecule has 0 aliphatic carbocycles. The lowest BCUT2D eigenvalue weighted by Crippen LogP contribution is -2.43. The second kappa shape index (κ2) is 7.53. The molecular weight excluding hydrogens is 342 g/mol. The van der Waals surface area contributed by atoms with E-state index in [1.807, 2.05) is 58.0 Å². The molecule has 3 rings (SSSR count). The first-order valence-electron chi connectivity index (χ1n) is 8.73. The number of rotatable bonds is 4. The molecule has 2 aromatic carbocycles. The third-order valence-corrected chi connectivity index (χ3v) is 4.59. The van der Waals surface area contributed by atoms with Gasteiger partial charge in [0.05, 0.1) is 0 Å². The van der Waals surface area contributed by atoms with Crippen molar-refractivity contribution in [2.75, 3.05) is 6.61 Å². The van der Waals surface area contributed by atoms with E-state index in [0.29, 0.717) is 11.3 Å². The van der Waals surface area contributed by atoms with Gasteiger partial charge in [-0.3, -0.25) is 20.4 Å². The SMILES string of the molecule is Cc1ccc(C)c(OCC(=O)NNC(=O)c2ccc3[nH]c(C)c(C)c3c2)c1. The fourth-order valence-corrected chi connectivity index (χ4v) is 2.84. The second-order valence-corrected chi connectivity index (χ2v) is 6.70. The number of hydrazine groups is 1. The minimum absolute atomic E-state index is 0.181. The number of hydrogen-bond donors (Lipinski definition) is 3. The molecule has 0 saturated heterocycles. The number of aromatic nitrogens is 1. The van der Waals surface area contributed by atoms with Crippen LogP contribution in [0.3, 0.4) is 0 Å². The molecule has 3 N–H and O–H groups in total. The highest BCUT2D eigenvalue weighted by Gasteiger charge is 2.11. The van der Waals surface area contributed by atoms with E-state index in [1.165, 1.54) is 0 Å². The van der Waals surface area contributed by atoms with Crippen molar-refractivity contribution in [3.05, 3.63) is 64.3 Å². The molecule has 27 heavy (non-hydrogen) atoms. The summed E-state index contributed by atoms with van der Waals surface area (Å²) in [5.41, 5.74) is 10.4. The number of aromatic amines is 1. The van der Waals surface area contributed by atoms with Gasteiger partial charge in [0.25, 0.3) is 11.8 Å². The quantitative estimate of drug-likeness (QED) is 0.621. The van der Waals surface area contributed by atoms with Crippen LogP contribution >= 0.6 is 0 Å². The van der Waals surface area contributed by atoms with E-state index in [1.54, 1.807) is 6.07 Å². The van der Waals surface area contributed by atoms with Gasteiger partial charge >= 0.3 is 0 Å². The molecule has 3 aromatic rings. The summed E-state index contributed by atoms with van der Waals surface area (Å²) in [4.78, 5) is 27.5. The summed E-state index contributed by atoms with van der Waals surface area (Å²) in [6, 6.07) is 11.2. The first-order chi connectivity index (χ1) is 12.8. The van der Waals surface area contributed by atoms with Gasteiger partial charge in [-0.05, 0) is 68.7 Å². The van der Waals surface area contributed by atoms with Crippen LogP contribution in [0.2, 0.25) is 0 Å². The highest BCUT2D eigenvalue weighted by Crippen LogP contribution is 2.22. The Balaban J connectivity index is 1.57. The maximum atomic E-state index is 12.3. The van der Waals surface area contributed by atoms with Crippen LogP contribution in [0.25, 0.3) is 10.9 Å². The Morgan fingerprint density at radius 2 is 1.78 bits per heavy atom. The molecule has 2 amide bonds. The lowest BCUT2D eigenvalue weighted by atomic mass is 10.1. The smallest absolute Gasteiger partial charge is 0.276 e. The summed E-state index contributed by atoms with van der Waals surface area (Å²) >= 11 is 0. The van der Waals surface area contributed by atoms with Crippen LogP contribution < -0.4 is 15.6 Å². The van der Waals surface area contributed by atoms with Gasteiger partial charge in [-0.2, -0.15) is 0 Å². The van der Waals surface area contributed by atoms with Crippen LogP contribution in [0.1, 0.15) is 32.7 Å². The van der Waals surface area contributed by atoms with Crippen LogP contribution in [-0.4, -0.2) is 23.4 Å². The summed E-state index contributed by atoms with van der Waals surface area (Å²) in [6.07, 6.45) is 0. The molecule has 0 radical (unpaired) electrons. The lowest BCUT2D eigenvalue weighted by Gasteiger charge is -2.11. The Bertz CT molecular complexity index is 1020. The first kappa shape index (κ1) is 18.5. The van der Waals surface area contributed by atoms with E-state index in [-0.39, 0.29) is 12.5 Å². The zero-order chi connectivity index (χ0) is 19.6. The molecule has 0 spiro atoms. The molecule has 6 heteroatoms. The van der Waals surface area contributed by atoms with Gasteiger partial charge in [0.2, 0.25) is 0 Å². The molecule has 0 aliphatic heterocycles. The zero-order valence-corrected chi connectivity index (χ0v) is 15.9. The summed E-state index contributed by atoms with van der Waals surface area (Å²) in [6.45, 7) is 7.68. The number of benzene rings is 2. The molecule has 0 fully saturated rings. The number of fused-ring (bicyclic) bond motifs is 1. The molecule has 1 heterocycles. The second-order valence-electron chi connectivity index (χ2n) is 6.70. The number of hydrogen-bond acceptors (Lipinski definition) is 3. The molecular formula is C21H23N3O3. The fraction of sp³-hybridized carbons (Fsp3) is 0.238. The van der Waals surface area contributed by atoms with Crippen molar-refractivity contribution in [1.29, 1.82) is 0 Å². The fourth-order valence-electron chi connectivity index (χ4n) is 2.84. The molecule has 0 aliphatic rings. The summed E-state index contributed by atoms with van der Waals surface area (Å²) < 4.78 is 5.53. The van der Waals surface area contributed by atoms with E-state index in [0.717, 1.165) is 33.3 Å². The van der Waals surface area contributed by atoms with Gasteiger partial charge in [-0.15, -0.1) is 0 Å². The highest BCUT2D eigenvalue weighted by molar-refractivity contribution is 5.99. The first-order valence-corrected chi connectivity index (χ1v) is 8.73. The lowest BCUT2D eigenvalue weighted by molar-refractivity contribution is -0.123. The van der Waals surface area contributed by atoms with Gasteiger partial charge < -0.3 is 9.72 Å². The Morgan fingerprint density at radius 1 is 1.00 bits per heavy atom. The average molecular weight is 365 g/mol. The van der Waals surface area contributed by atoms with Crippen LogP contribution in [0.4, 0.5) is 0 Å². The minimum Gasteiger partial charge on any atom is -0.483 e. The van der Waals surface area contributed by atoms with Crippen molar-refractivity contribution in [3.63, 3.8) is 0 Å². The van der Waals surface area contributed by atoms with Crippen LogP contribution in [0, 0.1) is 27.7 Å². The van der Waals surface area contributed by atoms with Gasteiger partial charge in [-0.1, -0.05) is 12.1 Å². The van der Waals surface area contributed by atoms with E-state index in [4.69, 9.17) is 4.74 Å². The van der Waals surface area contributed by atoms with Crippen molar-refractivity contribution in [2.45, 2.75) is 27.7 Å². The minimum atomic E-state index is -0.431. The number of aryl methyl sites for hydroxylation is 4. The monoisotopic (exact) mass is 365 g/mol. The Hall–Kier alpha value is -3.28. The number of amides is 2. The Morgan fingerprint density at radius 3 is 2.56 bits per heavy atom. The maximum absolute atomic E-state index is 12.3.